The van der Waals surface area contributed by atoms with Gasteiger partial charge in [0.2, 0.25) is 0 Å². The molecule has 0 aliphatic rings. The van der Waals surface area contributed by atoms with E-state index in [9.17, 15) is 4.79 Å². The first kappa shape index (κ1) is 13.3. The number of halogens is 2. The van der Waals surface area contributed by atoms with Gasteiger partial charge in [0.25, 0.3) is 5.56 Å². The number of hydrogen-bond donors (Lipinski definition) is 1. The van der Waals surface area contributed by atoms with E-state index in [0.29, 0.717) is 17.6 Å². The summed E-state index contributed by atoms with van der Waals surface area (Å²) >= 11 is 6.58. The Labute approximate surface area is 121 Å². The first-order chi connectivity index (χ1) is 8.66. The van der Waals surface area contributed by atoms with Crippen molar-refractivity contribution in [3.8, 4) is 0 Å². The lowest BCUT2D eigenvalue weighted by Crippen LogP contribution is -2.24. The second-order valence-electron chi connectivity index (χ2n) is 3.68. The largest absolute Gasteiger partial charge is 0.383 e. The highest BCUT2D eigenvalue weighted by Crippen LogP contribution is 2.15. The monoisotopic (exact) mass is 371 g/mol. The predicted octanol–water partition coefficient (Wildman–Crippen LogP) is 2.88. The van der Waals surface area contributed by atoms with Gasteiger partial charge in [-0.15, -0.1) is 0 Å². The van der Waals surface area contributed by atoms with Crippen LogP contribution in [0, 0.1) is 0 Å². The van der Waals surface area contributed by atoms with Gasteiger partial charge in [-0.2, -0.15) is 0 Å². The number of hydrogen-bond acceptors (Lipinski definition) is 3. The van der Waals surface area contributed by atoms with Gasteiger partial charge in [-0.3, -0.25) is 9.36 Å². The number of anilines is 1. The SMILES string of the molecule is O=c1c(Br)cncn1CCNc1cccc(Br)c1. The summed E-state index contributed by atoms with van der Waals surface area (Å²) in [7, 11) is 0. The molecule has 0 bridgehead atoms. The van der Waals surface area contributed by atoms with Gasteiger partial charge in [-0.1, -0.05) is 22.0 Å². The molecule has 4 nitrogen and oxygen atoms in total. The van der Waals surface area contributed by atoms with Gasteiger partial charge in [-0.25, -0.2) is 4.98 Å². The molecule has 18 heavy (non-hydrogen) atoms. The van der Waals surface area contributed by atoms with Gasteiger partial charge in [-0.05, 0) is 34.1 Å². The minimum absolute atomic E-state index is 0.0685. The van der Waals surface area contributed by atoms with E-state index in [2.05, 4.69) is 42.2 Å². The molecular weight excluding hydrogens is 362 g/mol. The van der Waals surface area contributed by atoms with E-state index >= 15 is 0 Å². The molecular formula is C12H11Br2N3O. The topological polar surface area (TPSA) is 46.9 Å². The van der Waals surface area contributed by atoms with Crippen molar-refractivity contribution in [1.29, 1.82) is 0 Å². The Bertz CT molecular complexity index is 598. The standard InChI is InChI=1S/C12H11Br2N3O/c13-9-2-1-3-10(6-9)16-4-5-17-8-15-7-11(14)12(17)18/h1-3,6-8,16H,4-5H2. The molecule has 0 spiro atoms. The highest BCUT2D eigenvalue weighted by Gasteiger charge is 2.00. The van der Waals surface area contributed by atoms with Crippen LogP contribution in [0.2, 0.25) is 0 Å². The van der Waals surface area contributed by atoms with Crippen molar-refractivity contribution in [2.24, 2.45) is 0 Å². The zero-order valence-electron chi connectivity index (χ0n) is 9.44. The van der Waals surface area contributed by atoms with E-state index in [0.717, 1.165) is 10.2 Å². The lowest BCUT2D eigenvalue weighted by molar-refractivity contribution is 0.676. The first-order valence-electron chi connectivity index (χ1n) is 5.36. The molecule has 0 saturated heterocycles. The van der Waals surface area contributed by atoms with E-state index in [4.69, 9.17) is 0 Å². The summed E-state index contributed by atoms with van der Waals surface area (Å²) in [6, 6.07) is 7.89. The van der Waals surface area contributed by atoms with Gasteiger partial charge >= 0.3 is 0 Å². The zero-order valence-corrected chi connectivity index (χ0v) is 12.6. The van der Waals surface area contributed by atoms with Crippen molar-refractivity contribution in [2.45, 2.75) is 6.54 Å². The van der Waals surface area contributed by atoms with Crippen LogP contribution in [-0.2, 0) is 6.54 Å². The van der Waals surface area contributed by atoms with Crippen LogP contribution in [-0.4, -0.2) is 16.1 Å². The summed E-state index contributed by atoms with van der Waals surface area (Å²) in [5.41, 5.74) is 0.946. The van der Waals surface area contributed by atoms with Crippen LogP contribution < -0.4 is 10.9 Å². The van der Waals surface area contributed by atoms with Gasteiger partial charge in [0.05, 0.1) is 6.33 Å². The third kappa shape index (κ3) is 3.43. The van der Waals surface area contributed by atoms with Gasteiger partial charge < -0.3 is 5.32 Å². The molecule has 1 aromatic heterocycles. The van der Waals surface area contributed by atoms with Gasteiger partial charge in [0.15, 0.2) is 0 Å². The maximum absolute atomic E-state index is 11.7. The molecule has 0 saturated carbocycles. The van der Waals surface area contributed by atoms with Crippen LogP contribution in [0.3, 0.4) is 0 Å². The van der Waals surface area contributed by atoms with Crippen molar-refractivity contribution in [1.82, 2.24) is 9.55 Å². The minimum Gasteiger partial charge on any atom is -0.383 e. The molecule has 2 aromatic rings. The molecule has 0 unspecified atom stereocenters. The highest BCUT2D eigenvalue weighted by molar-refractivity contribution is 9.10. The smallest absolute Gasteiger partial charge is 0.267 e. The van der Waals surface area contributed by atoms with Crippen LogP contribution >= 0.6 is 31.9 Å². The fraction of sp³-hybridized carbons (Fsp3) is 0.167. The predicted molar refractivity (Wildman–Crippen MR) is 78.8 cm³/mol. The van der Waals surface area contributed by atoms with Gasteiger partial charge in [0.1, 0.15) is 4.47 Å². The van der Waals surface area contributed by atoms with Crippen molar-refractivity contribution in [2.75, 3.05) is 11.9 Å². The Balaban J connectivity index is 1.97. The lowest BCUT2D eigenvalue weighted by Gasteiger charge is -2.08. The molecule has 0 aliphatic heterocycles. The molecule has 2 rings (SSSR count). The third-order valence-electron chi connectivity index (χ3n) is 2.37. The maximum atomic E-state index is 11.7. The Morgan fingerprint density at radius 2 is 2.17 bits per heavy atom. The molecule has 94 valence electrons. The molecule has 6 heteroatoms. The van der Waals surface area contributed by atoms with Crippen LogP contribution in [0.25, 0.3) is 0 Å². The molecule has 0 aliphatic carbocycles. The summed E-state index contributed by atoms with van der Waals surface area (Å²) in [5, 5.41) is 3.25. The van der Waals surface area contributed by atoms with Crippen molar-refractivity contribution in [3.05, 3.63) is 56.1 Å². The lowest BCUT2D eigenvalue weighted by atomic mass is 10.3. The van der Waals surface area contributed by atoms with Crippen LogP contribution in [0.1, 0.15) is 0 Å². The van der Waals surface area contributed by atoms with Crippen LogP contribution in [0.4, 0.5) is 5.69 Å². The van der Waals surface area contributed by atoms with Crippen LogP contribution in [0.5, 0.6) is 0 Å². The molecule has 0 fully saturated rings. The number of nitrogens with one attached hydrogen (secondary N) is 1. The summed E-state index contributed by atoms with van der Waals surface area (Å²) in [6.45, 7) is 1.23. The quantitative estimate of drug-likeness (QED) is 0.897. The van der Waals surface area contributed by atoms with Crippen molar-refractivity contribution >= 4 is 37.5 Å². The minimum atomic E-state index is -0.0685. The first-order valence-corrected chi connectivity index (χ1v) is 6.95. The molecule has 1 N–H and O–H groups in total. The maximum Gasteiger partial charge on any atom is 0.267 e. The fourth-order valence-corrected chi connectivity index (χ4v) is 2.25. The molecule has 1 aromatic carbocycles. The number of rotatable bonds is 4. The van der Waals surface area contributed by atoms with E-state index in [1.165, 1.54) is 12.5 Å². The summed E-state index contributed by atoms with van der Waals surface area (Å²) < 4.78 is 3.07. The number of nitrogens with zero attached hydrogens (tertiary/aromatic N) is 2. The summed E-state index contributed by atoms with van der Waals surface area (Å²) in [5.74, 6) is 0. The zero-order chi connectivity index (χ0) is 13.0. The summed E-state index contributed by atoms with van der Waals surface area (Å²) in [6.07, 6.45) is 3.04. The Morgan fingerprint density at radius 3 is 2.94 bits per heavy atom. The Hall–Kier alpha value is -1.14. The van der Waals surface area contributed by atoms with Crippen molar-refractivity contribution < 1.29 is 0 Å². The Kier molecular flexibility index (Phi) is 4.54. The second kappa shape index (κ2) is 6.15. The molecule has 1 heterocycles. The average molecular weight is 373 g/mol. The van der Waals surface area contributed by atoms with E-state index in [1.807, 2.05) is 24.3 Å². The normalized spacial score (nSPS) is 10.3. The van der Waals surface area contributed by atoms with E-state index < -0.39 is 0 Å². The number of aromatic nitrogens is 2. The van der Waals surface area contributed by atoms with E-state index in [1.54, 1.807) is 4.57 Å². The van der Waals surface area contributed by atoms with Crippen LogP contribution in [0.15, 0.2) is 50.5 Å². The second-order valence-corrected chi connectivity index (χ2v) is 5.45. The van der Waals surface area contributed by atoms with E-state index in [-0.39, 0.29) is 5.56 Å². The fourth-order valence-electron chi connectivity index (χ4n) is 1.50. The molecule has 0 radical (unpaired) electrons. The van der Waals surface area contributed by atoms with Crippen molar-refractivity contribution in [3.63, 3.8) is 0 Å². The average Bonchev–Trinajstić information content (AvgIpc) is 2.35. The highest BCUT2D eigenvalue weighted by atomic mass is 79.9. The number of benzene rings is 1. The summed E-state index contributed by atoms with van der Waals surface area (Å²) in [4.78, 5) is 15.7. The molecule has 0 atom stereocenters. The van der Waals surface area contributed by atoms with Gasteiger partial charge in [0, 0.05) is 29.4 Å². The Morgan fingerprint density at radius 1 is 1.33 bits per heavy atom. The third-order valence-corrected chi connectivity index (χ3v) is 3.40. The molecule has 0 amide bonds.